The van der Waals surface area contributed by atoms with Crippen LogP contribution in [0.4, 0.5) is 0 Å². The number of ether oxygens (including phenoxy) is 2. The van der Waals surface area contributed by atoms with Crippen molar-refractivity contribution in [1.29, 1.82) is 0 Å². The molecule has 0 atom stereocenters. The molecule has 0 spiro atoms. The summed E-state index contributed by atoms with van der Waals surface area (Å²) in [7, 11) is 0. The Hall–Kier alpha value is -1.59. The molecule has 0 aromatic rings. The molecule has 0 aliphatic heterocycles. The third-order valence-corrected chi connectivity index (χ3v) is 1.46. The van der Waals surface area contributed by atoms with Crippen molar-refractivity contribution in [2.45, 2.75) is 13.8 Å². The fourth-order valence-electron chi connectivity index (χ4n) is 0.802. The Morgan fingerprint density at radius 2 is 1.47 bits per heavy atom. The van der Waals surface area contributed by atoms with Gasteiger partial charge in [-0.2, -0.15) is 0 Å². The van der Waals surface area contributed by atoms with Gasteiger partial charge in [-0.25, -0.2) is 0 Å². The van der Waals surface area contributed by atoms with Gasteiger partial charge in [-0.3, -0.25) is 14.4 Å². The molecule has 0 N–H and O–H groups in total. The van der Waals surface area contributed by atoms with E-state index in [0.29, 0.717) is 0 Å². The molecule has 0 aliphatic carbocycles. The third-order valence-electron chi connectivity index (χ3n) is 1.46. The second-order valence-electron chi connectivity index (χ2n) is 2.76. The van der Waals surface area contributed by atoms with Crippen molar-refractivity contribution in [2.24, 2.45) is 0 Å². The fourth-order valence-corrected chi connectivity index (χ4v) is 0.802. The van der Waals surface area contributed by atoms with Crippen molar-refractivity contribution in [3.63, 3.8) is 0 Å². The molecule has 6 nitrogen and oxygen atoms in total. The molecular formula is C9H14NO5. The summed E-state index contributed by atoms with van der Waals surface area (Å²) in [5, 5.41) is 0. The molecule has 0 rings (SSSR count). The molecule has 0 bridgehead atoms. The van der Waals surface area contributed by atoms with Gasteiger partial charge >= 0.3 is 18.3 Å². The summed E-state index contributed by atoms with van der Waals surface area (Å²) in [6.45, 7) is 3.28. The third kappa shape index (κ3) is 8.73. The molecule has 15 heavy (non-hydrogen) atoms. The first-order valence-corrected chi connectivity index (χ1v) is 4.45. The quantitative estimate of drug-likeness (QED) is 0.423. The van der Waals surface area contributed by atoms with E-state index in [2.05, 4.69) is 9.47 Å². The van der Waals surface area contributed by atoms with E-state index in [1.165, 1.54) is 18.7 Å². The van der Waals surface area contributed by atoms with Crippen LogP contribution in [0.1, 0.15) is 13.8 Å². The molecule has 1 amide bonds. The van der Waals surface area contributed by atoms with Crippen LogP contribution in [0.15, 0.2) is 0 Å². The lowest BCUT2D eigenvalue weighted by atomic mass is 10.5. The Morgan fingerprint density at radius 3 is 1.73 bits per heavy atom. The fraction of sp³-hybridized carbons (Fsp3) is 0.667. The lowest BCUT2D eigenvalue weighted by Gasteiger charge is -2.15. The van der Waals surface area contributed by atoms with Crippen LogP contribution in [0.2, 0.25) is 0 Å². The lowest BCUT2D eigenvalue weighted by molar-refractivity contribution is -0.141. The molecule has 0 saturated heterocycles. The van der Waals surface area contributed by atoms with Crippen LogP contribution in [0.25, 0.3) is 0 Å². The van der Waals surface area contributed by atoms with E-state index in [-0.39, 0.29) is 26.3 Å². The van der Waals surface area contributed by atoms with E-state index in [1.54, 1.807) is 6.41 Å². The summed E-state index contributed by atoms with van der Waals surface area (Å²) in [4.78, 5) is 32.4. The maximum Gasteiger partial charge on any atom is 0.312 e. The van der Waals surface area contributed by atoms with E-state index in [9.17, 15) is 14.4 Å². The highest BCUT2D eigenvalue weighted by Gasteiger charge is 2.04. The Balaban J connectivity index is 3.59. The van der Waals surface area contributed by atoms with Crippen LogP contribution in [-0.4, -0.2) is 49.6 Å². The van der Waals surface area contributed by atoms with E-state index in [4.69, 9.17) is 0 Å². The second kappa shape index (κ2) is 7.78. The molecule has 0 fully saturated rings. The van der Waals surface area contributed by atoms with Gasteiger partial charge in [-0.1, -0.05) is 0 Å². The molecule has 0 saturated carbocycles. The second-order valence-corrected chi connectivity index (χ2v) is 2.76. The van der Waals surface area contributed by atoms with Gasteiger partial charge < -0.3 is 14.4 Å². The lowest BCUT2D eigenvalue weighted by Crippen LogP contribution is -2.30. The highest BCUT2D eigenvalue weighted by molar-refractivity contribution is 5.66. The van der Waals surface area contributed by atoms with Crippen LogP contribution in [0.5, 0.6) is 0 Å². The molecule has 1 radical (unpaired) electrons. The zero-order valence-electron chi connectivity index (χ0n) is 8.82. The molecule has 0 heterocycles. The highest BCUT2D eigenvalue weighted by atomic mass is 16.5. The van der Waals surface area contributed by atoms with Crippen molar-refractivity contribution >= 4 is 18.3 Å². The van der Waals surface area contributed by atoms with Crippen LogP contribution < -0.4 is 0 Å². The molecule has 0 unspecified atom stereocenters. The zero-order valence-corrected chi connectivity index (χ0v) is 8.82. The molecule has 0 aliphatic rings. The van der Waals surface area contributed by atoms with Crippen molar-refractivity contribution < 1.29 is 23.9 Å². The molecule has 0 aromatic carbocycles. The standard InChI is InChI=1S/C9H14NO5/c1-8(12)14-5-3-10(7-11)4-6-15-9(2)13/h3-6H2,1-2H3. The largest absolute Gasteiger partial charge is 0.464 e. The first-order chi connectivity index (χ1) is 7.06. The minimum atomic E-state index is -0.402. The average Bonchev–Trinajstić information content (AvgIpc) is 2.14. The van der Waals surface area contributed by atoms with Crippen molar-refractivity contribution in [1.82, 2.24) is 4.90 Å². The maximum atomic E-state index is 10.4. The van der Waals surface area contributed by atoms with E-state index in [0.717, 1.165) is 0 Å². The van der Waals surface area contributed by atoms with Crippen LogP contribution >= 0.6 is 0 Å². The van der Waals surface area contributed by atoms with Crippen molar-refractivity contribution in [3.8, 4) is 0 Å². The number of nitrogens with zero attached hydrogens (tertiary/aromatic N) is 1. The summed E-state index contributed by atoms with van der Waals surface area (Å²) in [5.74, 6) is -0.804. The molecular weight excluding hydrogens is 202 g/mol. The zero-order chi connectivity index (χ0) is 11.7. The normalized spacial score (nSPS) is 9.20. The number of hydrogen-bond donors (Lipinski definition) is 0. The van der Waals surface area contributed by atoms with Crippen molar-refractivity contribution in [2.75, 3.05) is 26.3 Å². The molecule has 6 heteroatoms. The van der Waals surface area contributed by atoms with Crippen molar-refractivity contribution in [3.05, 3.63) is 0 Å². The first kappa shape index (κ1) is 13.4. The maximum absolute atomic E-state index is 10.4. The van der Waals surface area contributed by atoms with Gasteiger partial charge in [0.05, 0.1) is 13.1 Å². The van der Waals surface area contributed by atoms with E-state index < -0.39 is 11.9 Å². The van der Waals surface area contributed by atoms with Gasteiger partial charge in [-0.05, 0) is 0 Å². The van der Waals surface area contributed by atoms with Gasteiger partial charge in [-0.15, -0.1) is 0 Å². The monoisotopic (exact) mass is 216 g/mol. The minimum Gasteiger partial charge on any atom is -0.464 e. The summed E-state index contributed by atoms with van der Waals surface area (Å²) < 4.78 is 9.27. The van der Waals surface area contributed by atoms with Gasteiger partial charge in [0.25, 0.3) is 0 Å². The van der Waals surface area contributed by atoms with Crippen LogP contribution in [0.3, 0.4) is 0 Å². The van der Waals surface area contributed by atoms with E-state index >= 15 is 0 Å². The summed E-state index contributed by atoms with van der Waals surface area (Å²) in [6.07, 6.45) is 1.65. The predicted molar refractivity (Wildman–Crippen MR) is 50.5 cm³/mol. The Bertz CT molecular complexity index is 209. The highest BCUT2D eigenvalue weighted by Crippen LogP contribution is 1.86. The topological polar surface area (TPSA) is 72.9 Å². The smallest absolute Gasteiger partial charge is 0.312 e. The van der Waals surface area contributed by atoms with Gasteiger partial charge in [0.1, 0.15) is 13.2 Å². The number of hydrogen-bond acceptors (Lipinski definition) is 5. The first-order valence-electron chi connectivity index (χ1n) is 4.45. The summed E-state index contributed by atoms with van der Waals surface area (Å²) >= 11 is 0. The van der Waals surface area contributed by atoms with E-state index in [1.807, 2.05) is 0 Å². The van der Waals surface area contributed by atoms with Crippen LogP contribution in [-0.2, 0) is 23.9 Å². The number of rotatable bonds is 7. The minimum absolute atomic E-state index is 0.116. The predicted octanol–water partition coefficient (Wildman–Crippen LogP) is -0.518. The number of carbonyl (C=O) groups is 2. The number of amides is 1. The van der Waals surface area contributed by atoms with Gasteiger partial charge in [0.15, 0.2) is 0 Å². The van der Waals surface area contributed by atoms with Gasteiger partial charge in [0.2, 0.25) is 0 Å². The molecule has 85 valence electrons. The number of esters is 2. The summed E-state index contributed by atoms with van der Waals surface area (Å²) in [5.41, 5.74) is 0. The Morgan fingerprint density at radius 1 is 1.07 bits per heavy atom. The summed E-state index contributed by atoms with van der Waals surface area (Å²) in [6, 6.07) is 0. The van der Waals surface area contributed by atoms with Crippen LogP contribution in [0, 0.1) is 0 Å². The van der Waals surface area contributed by atoms with Gasteiger partial charge in [0, 0.05) is 13.8 Å². The number of carbonyl (C=O) groups excluding carboxylic acids is 3. The Labute approximate surface area is 88.1 Å². The average molecular weight is 216 g/mol. The Kier molecular flexibility index (Phi) is 6.96. The SMILES string of the molecule is CC(=O)OCCN([C]=O)CCOC(C)=O. The molecule has 0 aromatic heterocycles.